The number of ether oxygens (including phenoxy) is 1. The van der Waals surface area contributed by atoms with Gasteiger partial charge in [0, 0.05) is 0 Å². The SMILES string of the molecule is CCCCCCCc1ccc(-c2ccc(C(=O)OC3CCC(C#N)(CC(C)CC)CC3)cc2)cc1. The third kappa shape index (κ3) is 7.96. The first-order chi connectivity index (χ1) is 17.0. The van der Waals surface area contributed by atoms with E-state index in [1.54, 1.807) is 0 Å². The average Bonchev–Trinajstić information content (AvgIpc) is 2.90. The molecule has 1 unspecified atom stereocenters. The van der Waals surface area contributed by atoms with Crippen molar-refractivity contribution in [2.75, 3.05) is 0 Å². The largest absolute Gasteiger partial charge is 0.459 e. The summed E-state index contributed by atoms with van der Waals surface area (Å²) in [6, 6.07) is 19.1. The number of rotatable bonds is 12. The van der Waals surface area contributed by atoms with E-state index in [0.717, 1.165) is 50.5 Å². The molecule has 3 heteroatoms. The second-order valence-corrected chi connectivity index (χ2v) is 10.7. The molecule has 1 atom stereocenters. The maximum absolute atomic E-state index is 12.7. The van der Waals surface area contributed by atoms with Crippen molar-refractivity contribution in [3.05, 3.63) is 59.7 Å². The van der Waals surface area contributed by atoms with Crippen molar-refractivity contribution in [3.8, 4) is 17.2 Å². The molecule has 1 aliphatic rings. The normalized spacial score (nSPS) is 20.7. The van der Waals surface area contributed by atoms with Gasteiger partial charge in [-0.15, -0.1) is 0 Å². The summed E-state index contributed by atoms with van der Waals surface area (Å²) in [4.78, 5) is 12.7. The van der Waals surface area contributed by atoms with E-state index in [1.165, 1.54) is 43.2 Å². The number of carbonyl (C=O) groups is 1. The second-order valence-electron chi connectivity index (χ2n) is 10.7. The topological polar surface area (TPSA) is 50.1 Å². The Morgan fingerprint density at radius 2 is 1.57 bits per heavy atom. The molecule has 3 rings (SSSR count). The molecule has 1 saturated carbocycles. The highest BCUT2D eigenvalue weighted by atomic mass is 16.5. The number of hydrogen-bond acceptors (Lipinski definition) is 3. The van der Waals surface area contributed by atoms with Crippen LogP contribution in [0.2, 0.25) is 0 Å². The monoisotopic (exact) mass is 473 g/mol. The van der Waals surface area contributed by atoms with Gasteiger partial charge in [0.1, 0.15) is 6.10 Å². The minimum atomic E-state index is -0.258. The number of hydrogen-bond donors (Lipinski definition) is 0. The molecule has 0 aromatic heterocycles. The summed E-state index contributed by atoms with van der Waals surface area (Å²) < 4.78 is 5.82. The fraction of sp³-hybridized carbons (Fsp3) is 0.562. The van der Waals surface area contributed by atoms with Crippen LogP contribution in [0.4, 0.5) is 0 Å². The van der Waals surface area contributed by atoms with E-state index in [2.05, 4.69) is 51.1 Å². The van der Waals surface area contributed by atoms with Crippen molar-refractivity contribution >= 4 is 5.97 Å². The van der Waals surface area contributed by atoms with E-state index in [4.69, 9.17) is 4.74 Å². The van der Waals surface area contributed by atoms with Crippen molar-refractivity contribution in [1.29, 1.82) is 5.26 Å². The van der Waals surface area contributed by atoms with E-state index in [1.807, 2.05) is 24.3 Å². The predicted molar refractivity (Wildman–Crippen MR) is 144 cm³/mol. The third-order valence-corrected chi connectivity index (χ3v) is 7.81. The van der Waals surface area contributed by atoms with Gasteiger partial charge in [0.25, 0.3) is 0 Å². The van der Waals surface area contributed by atoms with Crippen LogP contribution >= 0.6 is 0 Å². The summed E-state index contributed by atoms with van der Waals surface area (Å²) in [5.41, 5.74) is 4.01. The van der Waals surface area contributed by atoms with Gasteiger partial charge >= 0.3 is 5.97 Å². The molecule has 0 spiro atoms. The lowest BCUT2D eigenvalue weighted by atomic mass is 9.69. The number of nitrogens with zero attached hydrogens (tertiary/aromatic N) is 1. The summed E-state index contributed by atoms with van der Waals surface area (Å²) in [7, 11) is 0. The molecular weight excluding hydrogens is 430 g/mol. The molecule has 0 radical (unpaired) electrons. The van der Waals surface area contributed by atoms with E-state index in [9.17, 15) is 10.1 Å². The molecule has 3 nitrogen and oxygen atoms in total. The second kappa shape index (κ2) is 13.5. The first-order valence-electron chi connectivity index (χ1n) is 13.8. The molecule has 0 N–H and O–H groups in total. The molecule has 2 aromatic rings. The summed E-state index contributed by atoms with van der Waals surface area (Å²) >= 11 is 0. The zero-order chi connectivity index (χ0) is 25.1. The number of aryl methyl sites for hydroxylation is 1. The molecule has 0 amide bonds. The Morgan fingerprint density at radius 1 is 0.971 bits per heavy atom. The maximum Gasteiger partial charge on any atom is 0.338 e. The molecule has 2 aromatic carbocycles. The standard InChI is InChI=1S/C32H43NO2/c1-4-6-7-8-9-10-26-11-13-27(14-12-26)28-15-17-29(18-16-28)31(34)35-30-19-21-32(24-33,22-20-30)23-25(3)5-2/h11-18,25,30H,4-10,19-23H2,1-3H3. The van der Waals surface area contributed by atoms with Crippen LogP contribution in [0.3, 0.4) is 0 Å². The number of esters is 1. The maximum atomic E-state index is 12.7. The number of unbranched alkanes of at least 4 members (excludes halogenated alkanes) is 4. The van der Waals surface area contributed by atoms with Crippen molar-refractivity contribution in [2.24, 2.45) is 11.3 Å². The number of carbonyl (C=O) groups excluding carboxylic acids is 1. The molecule has 188 valence electrons. The van der Waals surface area contributed by atoms with Gasteiger partial charge in [0.15, 0.2) is 0 Å². The Morgan fingerprint density at radius 3 is 2.14 bits per heavy atom. The lowest BCUT2D eigenvalue weighted by molar-refractivity contribution is 0.00923. The van der Waals surface area contributed by atoms with Crippen LogP contribution in [0.1, 0.15) is 107 Å². The lowest BCUT2D eigenvalue weighted by Gasteiger charge is -2.36. The van der Waals surface area contributed by atoms with Crippen molar-refractivity contribution in [3.63, 3.8) is 0 Å². The highest BCUT2D eigenvalue weighted by molar-refractivity contribution is 5.90. The van der Waals surface area contributed by atoms with Gasteiger partial charge in [-0.25, -0.2) is 4.79 Å². The summed E-state index contributed by atoms with van der Waals surface area (Å²) in [6.07, 6.45) is 12.8. The molecule has 0 heterocycles. The van der Waals surface area contributed by atoms with Gasteiger partial charge in [-0.1, -0.05) is 89.3 Å². The smallest absolute Gasteiger partial charge is 0.338 e. The van der Waals surface area contributed by atoms with Crippen LogP contribution in [-0.4, -0.2) is 12.1 Å². The van der Waals surface area contributed by atoms with E-state index < -0.39 is 0 Å². The Kier molecular flexibility index (Phi) is 10.4. The number of benzene rings is 2. The molecule has 1 aliphatic carbocycles. The van der Waals surface area contributed by atoms with Gasteiger partial charge in [0.2, 0.25) is 0 Å². The van der Waals surface area contributed by atoms with Crippen molar-refractivity contribution in [2.45, 2.75) is 104 Å². The molecule has 0 bridgehead atoms. The first-order valence-corrected chi connectivity index (χ1v) is 13.8. The quantitative estimate of drug-likeness (QED) is 0.228. The van der Waals surface area contributed by atoms with Gasteiger partial charge in [-0.2, -0.15) is 5.26 Å². The summed E-state index contributed by atoms with van der Waals surface area (Å²) in [6.45, 7) is 6.65. The van der Waals surface area contributed by atoms with Crippen LogP contribution in [-0.2, 0) is 11.2 Å². The molecule has 0 saturated heterocycles. The van der Waals surface area contributed by atoms with Crippen molar-refractivity contribution < 1.29 is 9.53 Å². The molecule has 35 heavy (non-hydrogen) atoms. The Balaban J connectivity index is 1.49. The van der Waals surface area contributed by atoms with Crippen molar-refractivity contribution in [1.82, 2.24) is 0 Å². The molecule has 1 fully saturated rings. The third-order valence-electron chi connectivity index (χ3n) is 7.81. The van der Waals surface area contributed by atoms with Gasteiger partial charge in [-0.3, -0.25) is 0 Å². The van der Waals surface area contributed by atoms with Gasteiger partial charge in [-0.05, 0) is 79.7 Å². The number of nitriles is 1. The van der Waals surface area contributed by atoms with E-state index >= 15 is 0 Å². The minimum absolute atomic E-state index is 0.0879. The summed E-state index contributed by atoms with van der Waals surface area (Å²) in [5, 5.41) is 9.78. The fourth-order valence-electron chi connectivity index (χ4n) is 5.25. The van der Waals surface area contributed by atoms with Crippen LogP contribution < -0.4 is 0 Å². The van der Waals surface area contributed by atoms with Gasteiger partial charge < -0.3 is 4.74 Å². The Hall–Kier alpha value is -2.60. The highest BCUT2D eigenvalue weighted by Crippen LogP contribution is 2.42. The zero-order valence-electron chi connectivity index (χ0n) is 22.0. The van der Waals surface area contributed by atoms with Gasteiger partial charge in [0.05, 0.1) is 17.0 Å². The zero-order valence-corrected chi connectivity index (χ0v) is 22.0. The van der Waals surface area contributed by atoms with E-state index in [0.29, 0.717) is 11.5 Å². The van der Waals surface area contributed by atoms with Crippen LogP contribution in [0, 0.1) is 22.7 Å². The van der Waals surface area contributed by atoms with Crippen LogP contribution in [0.25, 0.3) is 11.1 Å². The Bertz CT molecular complexity index is 947. The first kappa shape index (κ1) is 27.0. The molecular formula is C32H43NO2. The molecule has 0 aliphatic heterocycles. The van der Waals surface area contributed by atoms with Crippen LogP contribution in [0.15, 0.2) is 48.5 Å². The minimum Gasteiger partial charge on any atom is -0.459 e. The Labute approximate surface area is 212 Å². The lowest BCUT2D eigenvalue weighted by Crippen LogP contribution is -2.32. The average molecular weight is 474 g/mol. The summed E-state index contributed by atoms with van der Waals surface area (Å²) in [5.74, 6) is 0.297. The highest BCUT2D eigenvalue weighted by Gasteiger charge is 2.37. The fourth-order valence-corrected chi connectivity index (χ4v) is 5.25. The van der Waals surface area contributed by atoms with E-state index in [-0.39, 0.29) is 17.5 Å². The van der Waals surface area contributed by atoms with Crippen LogP contribution in [0.5, 0.6) is 0 Å². The predicted octanol–water partition coefficient (Wildman–Crippen LogP) is 8.91.